The molecule has 7 aromatic carbocycles. The van der Waals surface area contributed by atoms with Gasteiger partial charge in [0.15, 0.2) is 0 Å². The highest BCUT2D eigenvalue weighted by atomic mass is 32.1. The predicted molar refractivity (Wildman–Crippen MR) is 197 cm³/mol. The van der Waals surface area contributed by atoms with Crippen LogP contribution in [0.2, 0.25) is 0 Å². The summed E-state index contributed by atoms with van der Waals surface area (Å²) in [6.45, 7) is 11.5. The number of hydrogen-bond donors (Lipinski definition) is 0. The summed E-state index contributed by atoms with van der Waals surface area (Å²) < 4.78 is 2.82. The molecule has 0 bridgehead atoms. The van der Waals surface area contributed by atoms with E-state index < -0.39 is 0 Å². The minimum absolute atomic E-state index is 0.0981. The maximum Gasteiger partial charge on any atom is 0.0439 e. The zero-order valence-corrected chi connectivity index (χ0v) is 27.2. The van der Waals surface area contributed by atoms with E-state index in [1.807, 2.05) is 11.3 Å². The van der Waals surface area contributed by atoms with Gasteiger partial charge in [-0.25, -0.2) is 0 Å². The summed E-state index contributed by atoms with van der Waals surface area (Å²) in [5.74, 6) is 0. The molecule has 45 heavy (non-hydrogen) atoms. The monoisotopic (exact) mass is 594 g/mol. The highest BCUT2D eigenvalue weighted by molar-refractivity contribution is 7.26. The van der Waals surface area contributed by atoms with E-state index >= 15 is 0 Å². The van der Waals surface area contributed by atoms with Crippen LogP contribution < -0.4 is 0 Å². The van der Waals surface area contributed by atoms with Crippen molar-refractivity contribution in [1.29, 1.82) is 0 Å². The molecule has 1 heterocycles. The van der Waals surface area contributed by atoms with E-state index in [4.69, 9.17) is 0 Å². The molecule has 0 atom stereocenters. The second kappa shape index (κ2) is 9.39. The van der Waals surface area contributed by atoms with Crippen LogP contribution in [0.1, 0.15) is 41.7 Å². The third-order valence-electron chi connectivity index (χ3n) is 10.3. The molecule has 0 fully saturated rings. The van der Waals surface area contributed by atoms with Crippen molar-refractivity contribution in [2.75, 3.05) is 0 Å². The second-order valence-electron chi connectivity index (χ2n) is 13.5. The molecule has 0 spiro atoms. The standard InChI is InChI=1S/C44H34S/c1-25-14-17-28(18-15-25)40-30-10-6-8-12-32(30)41(33-13-9-7-11-31(33)40)29-19-21-34-36(24-29)44(4,5)37-23-27(3)39-35-20-16-26(2)22-38(35)45-43(39)42(34)37/h6-24H,1-5H3. The number of benzene rings is 7. The first kappa shape index (κ1) is 26.7. The lowest BCUT2D eigenvalue weighted by atomic mass is 9.80. The van der Waals surface area contributed by atoms with Crippen LogP contribution in [0.4, 0.5) is 0 Å². The van der Waals surface area contributed by atoms with Crippen molar-refractivity contribution < 1.29 is 0 Å². The number of rotatable bonds is 2. The number of hydrogen-bond acceptors (Lipinski definition) is 1. The zero-order chi connectivity index (χ0) is 30.6. The molecule has 0 aliphatic heterocycles. The fourth-order valence-corrected chi connectivity index (χ4v) is 9.51. The van der Waals surface area contributed by atoms with Crippen LogP contribution >= 0.6 is 11.3 Å². The minimum Gasteiger partial charge on any atom is -0.135 e. The van der Waals surface area contributed by atoms with E-state index in [1.165, 1.54) is 103 Å². The van der Waals surface area contributed by atoms with Gasteiger partial charge in [0.05, 0.1) is 0 Å². The van der Waals surface area contributed by atoms with Crippen LogP contribution in [0, 0.1) is 20.8 Å². The summed E-state index contributed by atoms with van der Waals surface area (Å²) >= 11 is 1.96. The maximum absolute atomic E-state index is 2.51. The molecule has 0 saturated carbocycles. The van der Waals surface area contributed by atoms with Gasteiger partial charge in [-0.15, -0.1) is 11.3 Å². The molecule has 0 amide bonds. The molecule has 1 heteroatoms. The van der Waals surface area contributed by atoms with Crippen molar-refractivity contribution in [1.82, 2.24) is 0 Å². The van der Waals surface area contributed by atoms with Gasteiger partial charge in [-0.2, -0.15) is 0 Å². The Kier molecular flexibility index (Phi) is 5.57. The molecular weight excluding hydrogens is 561 g/mol. The summed E-state index contributed by atoms with van der Waals surface area (Å²) in [5, 5.41) is 8.02. The number of thiophene rings is 1. The van der Waals surface area contributed by atoms with Gasteiger partial charge in [0.2, 0.25) is 0 Å². The molecule has 1 aliphatic carbocycles. The predicted octanol–water partition coefficient (Wildman–Crippen LogP) is 12.9. The number of aryl methyl sites for hydroxylation is 3. The Labute approximate surface area is 268 Å². The van der Waals surface area contributed by atoms with Crippen molar-refractivity contribution in [3.63, 3.8) is 0 Å². The van der Waals surface area contributed by atoms with Crippen molar-refractivity contribution in [2.24, 2.45) is 0 Å². The maximum atomic E-state index is 2.51. The topological polar surface area (TPSA) is 0 Å². The van der Waals surface area contributed by atoms with E-state index in [-0.39, 0.29) is 5.41 Å². The lowest BCUT2D eigenvalue weighted by molar-refractivity contribution is 0.660. The van der Waals surface area contributed by atoms with Crippen molar-refractivity contribution in [3.8, 4) is 33.4 Å². The Bertz CT molecular complexity index is 2460. The van der Waals surface area contributed by atoms with E-state index in [0.717, 1.165) is 0 Å². The third kappa shape index (κ3) is 3.71. The Hall–Kier alpha value is -4.72. The third-order valence-corrected chi connectivity index (χ3v) is 11.5. The highest BCUT2D eigenvalue weighted by Crippen LogP contribution is 2.56. The highest BCUT2D eigenvalue weighted by Gasteiger charge is 2.38. The molecule has 0 saturated heterocycles. The fraction of sp³-hybridized carbons (Fsp3) is 0.136. The van der Waals surface area contributed by atoms with E-state index in [9.17, 15) is 0 Å². The van der Waals surface area contributed by atoms with Gasteiger partial charge in [-0.3, -0.25) is 0 Å². The summed E-state index contributed by atoms with van der Waals surface area (Å²) in [5.41, 5.74) is 14.8. The first-order valence-electron chi connectivity index (χ1n) is 15.9. The first-order valence-corrected chi connectivity index (χ1v) is 16.8. The largest absolute Gasteiger partial charge is 0.135 e. The van der Waals surface area contributed by atoms with Crippen LogP contribution in [0.15, 0.2) is 115 Å². The molecule has 216 valence electrons. The second-order valence-corrected chi connectivity index (χ2v) is 14.6. The van der Waals surface area contributed by atoms with Crippen molar-refractivity contribution in [3.05, 3.63) is 143 Å². The molecular formula is C44H34S. The van der Waals surface area contributed by atoms with Gasteiger partial charge in [-0.05, 0) is 105 Å². The Morgan fingerprint density at radius 2 is 1.07 bits per heavy atom. The molecule has 0 unspecified atom stereocenters. The summed E-state index contributed by atoms with van der Waals surface area (Å²) in [6, 6.07) is 43.7. The molecule has 1 aliphatic rings. The fourth-order valence-electron chi connectivity index (χ4n) is 8.07. The summed E-state index contributed by atoms with van der Waals surface area (Å²) in [4.78, 5) is 0. The Morgan fingerprint density at radius 1 is 0.489 bits per heavy atom. The first-order chi connectivity index (χ1) is 21.8. The zero-order valence-electron chi connectivity index (χ0n) is 26.4. The molecule has 9 rings (SSSR count). The van der Waals surface area contributed by atoms with Crippen molar-refractivity contribution >= 4 is 53.1 Å². The van der Waals surface area contributed by atoms with E-state index in [1.54, 1.807) is 0 Å². The lowest BCUT2D eigenvalue weighted by Crippen LogP contribution is -2.15. The molecule has 0 radical (unpaired) electrons. The van der Waals surface area contributed by atoms with E-state index in [2.05, 4.69) is 150 Å². The minimum atomic E-state index is -0.0981. The average Bonchev–Trinajstić information content (AvgIpc) is 3.52. The SMILES string of the molecule is Cc1ccc(-c2c3ccccc3c(-c3ccc4c(c3)C(C)(C)c3cc(C)c5c(sc6cc(C)ccc65)c3-4)c3ccccc23)cc1. The molecule has 0 nitrogen and oxygen atoms in total. The van der Waals surface area contributed by atoms with Crippen LogP contribution in [-0.2, 0) is 5.41 Å². The van der Waals surface area contributed by atoms with Gasteiger partial charge >= 0.3 is 0 Å². The smallest absolute Gasteiger partial charge is 0.0439 e. The molecule has 8 aromatic rings. The summed E-state index contributed by atoms with van der Waals surface area (Å²) in [7, 11) is 0. The normalized spacial score (nSPS) is 13.6. The van der Waals surface area contributed by atoms with Crippen LogP contribution in [0.3, 0.4) is 0 Å². The average molecular weight is 595 g/mol. The molecule has 0 N–H and O–H groups in total. The number of fused-ring (bicyclic) bond motifs is 9. The van der Waals surface area contributed by atoms with Crippen LogP contribution in [-0.4, -0.2) is 0 Å². The molecule has 1 aromatic heterocycles. The van der Waals surface area contributed by atoms with Crippen molar-refractivity contribution in [2.45, 2.75) is 40.0 Å². The Balaban J connectivity index is 1.33. The van der Waals surface area contributed by atoms with Gasteiger partial charge in [0.25, 0.3) is 0 Å². The van der Waals surface area contributed by atoms with Gasteiger partial charge in [0.1, 0.15) is 0 Å². The van der Waals surface area contributed by atoms with E-state index in [0.29, 0.717) is 0 Å². The lowest BCUT2D eigenvalue weighted by Gasteiger charge is -2.23. The van der Waals surface area contributed by atoms with Crippen LogP contribution in [0.5, 0.6) is 0 Å². The Morgan fingerprint density at radius 3 is 1.71 bits per heavy atom. The van der Waals surface area contributed by atoms with Gasteiger partial charge in [0, 0.05) is 31.2 Å². The van der Waals surface area contributed by atoms with Gasteiger partial charge < -0.3 is 0 Å². The van der Waals surface area contributed by atoms with Gasteiger partial charge in [-0.1, -0.05) is 123 Å². The van der Waals surface area contributed by atoms with Crippen LogP contribution in [0.25, 0.3) is 75.1 Å². The quantitative estimate of drug-likeness (QED) is 0.175. The summed E-state index contributed by atoms with van der Waals surface area (Å²) in [6.07, 6.45) is 0.